The van der Waals surface area contributed by atoms with Gasteiger partial charge < -0.3 is 5.73 Å². The fraction of sp³-hybridized carbons (Fsp3) is 0.100. The monoisotopic (exact) mass is 207 g/mol. The highest BCUT2D eigenvalue weighted by Crippen LogP contribution is 2.21. The zero-order chi connectivity index (χ0) is 10.1. The lowest BCUT2D eigenvalue weighted by atomic mass is 10.2. The van der Waals surface area contributed by atoms with Crippen LogP contribution >= 0.6 is 11.6 Å². The van der Waals surface area contributed by atoms with E-state index in [1.165, 1.54) is 5.56 Å². The number of halogens is 1. The van der Waals surface area contributed by atoms with E-state index in [2.05, 4.69) is 5.10 Å². The van der Waals surface area contributed by atoms with Crippen molar-refractivity contribution in [3.63, 3.8) is 0 Å². The molecule has 14 heavy (non-hydrogen) atoms. The van der Waals surface area contributed by atoms with Crippen LogP contribution in [0.4, 0.5) is 5.69 Å². The van der Waals surface area contributed by atoms with Crippen LogP contribution in [0.5, 0.6) is 0 Å². The van der Waals surface area contributed by atoms with Crippen LogP contribution in [-0.4, -0.2) is 9.78 Å². The largest absolute Gasteiger partial charge is 0.395 e. The summed E-state index contributed by atoms with van der Waals surface area (Å²) in [6, 6.07) is 7.91. The second-order valence-corrected chi connectivity index (χ2v) is 3.50. The molecule has 0 aliphatic rings. The lowest BCUT2D eigenvalue weighted by Gasteiger charge is -2.02. The van der Waals surface area contributed by atoms with E-state index in [9.17, 15) is 0 Å². The summed E-state index contributed by atoms with van der Waals surface area (Å²) in [5.41, 5.74) is 8.20. The molecule has 2 aromatic rings. The molecule has 1 aromatic carbocycles. The lowest BCUT2D eigenvalue weighted by Crippen LogP contribution is -1.96. The Morgan fingerprint density at radius 1 is 1.29 bits per heavy atom. The van der Waals surface area contributed by atoms with Crippen molar-refractivity contribution in [1.82, 2.24) is 9.78 Å². The van der Waals surface area contributed by atoms with Gasteiger partial charge >= 0.3 is 0 Å². The van der Waals surface area contributed by atoms with Gasteiger partial charge in [0, 0.05) is 0 Å². The van der Waals surface area contributed by atoms with Crippen LogP contribution in [0.25, 0.3) is 5.69 Å². The van der Waals surface area contributed by atoms with E-state index in [4.69, 9.17) is 17.3 Å². The summed E-state index contributed by atoms with van der Waals surface area (Å²) in [5.74, 6) is 0. The first kappa shape index (κ1) is 9.09. The van der Waals surface area contributed by atoms with Gasteiger partial charge in [0.25, 0.3) is 0 Å². The predicted molar refractivity (Wildman–Crippen MR) is 57.7 cm³/mol. The van der Waals surface area contributed by atoms with Crippen molar-refractivity contribution in [1.29, 1.82) is 0 Å². The Kier molecular flexibility index (Phi) is 2.17. The third-order valence-corrected chi connectivity index (χ3v) is 2.39. The van der Waals surface area contributed by atoms with Gasteiger partial charge in [0.05, 0.1) is 17.6 Å². The standard InChI is InChI=1S/C10H10ClN3/c1-7-2-4-8(5-3-7)14-10(11)9(12)6-13-14/h2-6H,12H2,1H3. The summed E-state index contributed by atoms with van der Waals surface area (Å²) < 4.78 is 1.61. The summed E-state index contributed by atoms with van der Waals surface area (Å²) in [6.07, 6.45) is 1.54. The van der Waals surface area contributed by atoms with Crippen molar-refractivity contribution in [3.05, 3.63) is 41.2 Å². The minimum absolute atomic E-state index is 0.453. The molecule has 0 fully saturated rings. The van der Waals surface area contributed by atoms with Gasteiger partial charge in [-0.15, -0.1) is 0 Å². The Morgan fingerprint density at radius 3 is 2.43 bits per heavy atom. The molecule has 1 aromatic heterocycles. The lowest BCUT2D eigenvalue weighted by molar-refractivity contribution is 0.881. The predicted octanol–water partition coefficient (Wildman–Crippen LogP) is 2.42. The van der Waals surface area contributed by atoms with Gasteiger partial charge in [0.15, 0.2) is 5.15 Å². The van der Waals surface area contributed by atoms with Crippen LogP contribution < -0.4 is 5.73 Å². The minimum atomic E-state index is 0.453. The normalized spacial score (nSPS) is 10.4. The molecule has 72 valence electrons. The molecule has 0 bridgehead atoms. The van der Waals surface area contributed by atoms with E-state index >= 15 is 0 Å². The molecule has 0 amide bonds. The molecule has 0 atom stereocenters. The molecule has 3 nitrogen and oxygen atoms in total. The van der Waals surface area contributed by atoms with Crippen molar-refractivity contribution in [3.8, 4) is 5.69 Å². The van der Waals surface area contributed by atoms with Gasteiger partial charge in [-0.2, -0.15) is 5.10 Å². The number of aryl methyl sites for hydroxylation is 1. The first-order chi connectivity index (χ1) is 6.68. The summed E-state index contributed by atoms with van der Waals surface area (Å²) in [7, 11) is 0. The number of rotatable bonds is 1. The van der Waals surface area contributed by atoms with Gasteiger partial charge in [-0.25, -0.2) is 4.68 Å². The second kappa shape index (κ2) is 3.35. The second-order valence-electron chi connectivity index (χ2n) is 3.14. The van der Waals surface area contributed by atoms with E-state index in [0.29, 0.717) is 10.8 Å². The van der Waals surface area contributed by atoms with Crippen molar-refractivity contribution < 1.29 is 0 Å². The molecule has 0 aliphatic heterocycles. The Morgan fingerprint density at radius 2 is 1.93 bits per heavy atom. The van der Waals surface area contributed by atoms with Crippen molar-refractivity contribution in [2.45, 2.75) is 6.92 Å². The van der Waals surface area contributed by atoms with Crippen LogP contribution in [0.1, 0.15) is 5.56 Å². The maximum atomic E-state index is 5.96. The Balaban J connectivity index is 2.49. The molecule has 0 saturated heterocycles. The number of hydrogen-bond donors (Lipinski definition) is 1. The van der Waals surface area contributed by atoms with Crippen LogP contribution in [0.3, 0.4) is 0 Å². The Labute approximate surface area is 87.1 Å². The van der Waals surface area contributed by atoms with Gasteiger partial charge in [-0.3, -0.25) is 0 Å². The SMILES string of the molecule is Cc1ccc(-n2ncc(N)c2Cl)cc1. The third kappa shape index (κ3) is 1.46. The average Bonchev–Trinajstić information content (AvgIpc) is 2.50. The summed E-state index contributed by atoms with van der Waals surface area (Å²) in [4.78, 5) is 0. The topological polar surface area (TPSA) is 43.8 Å². The van der Waals surface area contributed by atoms with Gasteiger partial charge in [0.1, 0.15) is 0 Å². The van der Waals surface area contributed by atoms with E-state index in [1.807, 2.05) is 31.2 Å². The zero-order valence-electron chi connectivity index (χ0n) is 7.74. The zero-order valence-corrected chi connectivity index (χ0v) is 8.49. The third-order valence-electron chi connectivity index (χ3n) is 2.01. The maximum absolute atomic E-state index is 5.96. The molecule has 0 saturated carbocycles. The summed E-state index contributed by atoms with van der Waals surface area (Å²) in [5, 5.41) is 4.53. The molecule has 0 aliphatic carbocycles. The smallest absolute Gasteiger partial charge is 0.155 e. The Bertz CT molecular complexity index is 445. The number of hydrogen-bond acceptors (Lipinski definition) is 2. The molecule has 1 heterocycles. The molecule has 4 heteroatoms. The highest BCUT2D eigenvalue weighted by atomic mass is 35.5. The minimum Gasteiger partial charge on any atom is -0.395 e. The Hall–Kier alpha value is -1.48. The van der Waals surface area contributed by atoms with Gasteiger partial charge in [-0.1, -0.05) is 29.3 Å². The quantitative estimate of drug-likeness (QED) is 0.781. The number of benzene rings is 1. The average molecular weight is 208 g/mol. The highest BCUT2D eigenvalue weighted by Gasteiger charge is 2.06. The first-order valence-corrected chi connectivity index (χ1v) is 4.62. The molecule has 0 spiro atoms. The van der Waals surface area contributed by atoms with Crippen LogP contribution in [0, 0.1) is 6.92 Å². The molecule has 2 N–H and O–H groups in total. The molecular formula is C10H10ClN3. The summed E-state index contributed by atoms with van der Waals surface area (Å²) in [6.45, 7) is 2.03. The van der Waals surface area contributed by atoms with Gasteiger partial charge in [-0.05, 0) is 19.1 Å². The number of nitrogen functional groups attached to an aromatic ring is 1. The molecular weight excluding hydrogens is 198 g/mol. The fourth-order valence-electron chi connectivity index (χ4n) is 1.21. The number of nitrogens with zero attached hydrogens (tertiary/aromatic N) is 2. The van der Waals surface area contributed by atoms with Crippen molar-refractivity contribution in [2.24, 2.45) is 0 Å². The van der Waals surface area contributed by atoms with E-state index < -0.39 is 0 Å². The molecule has 2 rings (SSSR count). The van der Waals surface area contributed by atoms with E-state index in [1.54, 1.807) is 10.9 Å². The number of nitrogens with two attached hydrogens (primary N) is 1. The van der Waals surface area contributed by atoms with Crippen LogP contribution in [-0.2, 0) is 0 Å². The van der Waals surface area contributed by atoms with Gasteiger partial charge in [0.2, 0.25) is 0 Å². The van der Waals surface area contributed by atoms with E-state index in [-0.39, 0.29) is 0 Å². The van der Waals surface area contributed by atoms with E-state index in [0.717, 1.165) is 5.69 Å². The van der Waals surface area contributed by atoms with Crippen molar-refractivity contribution in [2.75, 3.05) is 5.73 Å². The number of aromatic nitrogens is 2. The maximum Gasteiger partial charge on any atom is 0.155 e. The number of anilines is 1. The highest BCUT2D eigenvalue weighted by molar-refractivity contribution is 6.32. The van der Waals surface area contributed by atoms with Crippen LogP contribution in [0.15, 0.2) is 30.5 Å². The summed E-state index contributed by atoms with van der Waals surface area (Å²) >= 11 is 5.96. The molecule has 0 radical (unpaired) electrons. The van der Waals surface area contributed by atoms with Crippen molar-refractivity contribution >= 4 is 17.3 Å². The fourth-order valence-corrected chi connectivity index (χ4v) is 1.40. The molecule has 0 unspecified atom stereocenters. The first-order valence-electron chi connectivity index (χ1n) is 4.24. The van der Waals surface area contributed by atoms with Crippen LogP contribution in [0.2, 0.25) is 5.15 Å².